The molecule has 0 fully saturated rings. The molecule has 5 heteroatoms. The predicted octanol–water partition coefficient (Wildman–Crippen LogP) is 3.12. The Labute approximate surface area is 135 Å². The lowest BCUT2D eigenvalue weighted by atomic mass is 10.1. The molecule has 0 radical (unpaired) electrons. The minimum absolute atomic E-state index is 0.117. The molecule has 0 unspecified atom stereocenters. The van der Waals surface area contributed by atoms with Gasteiger partial charge in [-0.15, -0.1) is 0 Å². The molecular formula is C17H19ClN2O2. The van der Waals surface area contributed by atoms with E-state index >= 15 is 0 Å². The van der Waals surface area contributed by atoms with Gasteiger partial charge in [-0.2, -0.15) is 0 Å². The lowest BCUT2D eigenvalue weighted by Gasteiger charge is -2.10. The Morgan fingerprint density at radius 1 is 1.14 bits per heavy atom. The second-order valence-electron chi connectivity index (χ2n) is 4.77. The highest BCUT2D eigenvalue weighted by Gasteiger charge is 2.05. The Bertz CT molecular complexity index is 632. The monoisotopic (exact) mass is 318 g/mol. The third-order valence-corrected chi connectivity index (χ3v) is 3.53. The smallest absolute Gasteiger partial charge is 0.238 e. The van der Waals surface area contributed by atoms with E-state index in [0.29, 0.717) is 17.3 Å². The molecule has 0 aliphatic rings. The molecule has 0 atom stereocenters. The first kappa shape index (κ1) is 16.3. The number of methoxy groups -OCH3 is 1. The van der Waals surface area contributed by atoms with Crippen molar-refractivity contribution in [1.82, 2.24) is 5.32 Å². The maximum absolute atomic E-state index is 11.8. The van der Waals surface area contributed by atoms with Crippen LogP contribution in [0.3, 0.4) is 0 Å². The lowest BCUT2D eigenvalue weighted by Crippen LogP contribution is -2.29. The highest BCUT2D eigenvalue weighted by atomic mass is 35.5. The first-order chi connectivity index (χ1) is 10.7. The normalized spacial score (nSPS) is 10.3. The number of nitrogens with one attached hydrogen (secondary N) is 2. The molecule has 2 N–H and O–H groups in total. The summed E-state index contributed by atoms with van der Waals surface area (Å²) >= 11 is 5.99. The number of para-hydroxylation sites is 2. The number of anilines is 1. The zero-order chi connectivity index (χ0) is 15.8. The number of carbonyl (C=O) groups excluding carboxylic acids is 1. The van der Waals surface area contributed by atoms with Crippen LogP contribution in [0.1, 0.15) is 5.56 Å². The molecule has 2 rings (SSSR count). The van der Waals surface area contributed by atoms with Gasteiger partial charge in [-0.25, -0.2) is 0 Å². The minimum atomic E-state index is -0.117. The topological polar surface area (TPSA) is 50.4 Å². The molecule has 0 saturated heterocycles. The number of ether oxygens (including phenoxy) is 1. The second-order valence-corrected chi connectivity index (χ2v) is 5.17. The van der Waals surface area contributed by atoms with Crippen LogP contribution < -0.4 is 15.4 Å². The van der Waals surface area contributed by atoms with Crippen molar-refractivity contribution in [2.75, 3.05) is 25.5 Å². The highest BCUT2D eigenvalue weighted by molar-refractivity contribution is 6.33. The Hall–Kier alpha value is -2.04. The van der Waals surface area contributed by atoms with Crippen LogP contribution in [0, 0.1) is 0 Å². The van der Waals surface area contributed by atoms with Gasteiger partial charge in [-0.3, -0.25) is 4.79 Å². The van der Waals surface area contributed by atoms with E-state index in [1.807, 2.05) is 36.4 Å². The minimum Gasteiger partial charge on any atom is -0.496 e. The van der Waals surface area contributed by atoms with Gasteiger partial charge in [0, 0.05) is 0 Å². The fraction of sp³-hybridized carbons (Fsp3) is 0.235. The Morgan fingerprint density at radius 3 is 2.64 bits per heavy atom. The fourth-order valence-corrected chi connectivity index (χ4v) is 2.27. The molecule has 1 amide bonds. The van der Waals surface area contributed by atoms with Crippen molar-refractivity contribution in [1.29, 1.82) is 0 Å². The van der Waals surface area contributed by atoms with E-state index in [-0.39, 0.29) is 12.5 Å². The van der Waals surface area contributed by atoms with Crippen molar-refractivity contribution in [3.8, 4) is 5.75 Å². The summed E-state index contributed by atoms with van der Waals surface area (Å²) in [5.74, 6) is 0.748. The molecule has 0 heterocycles. The van der Waals surface area contributed by atoms with Crippen LogP contribution in [0.5, 0.6) is 5.75 Å². The highest BCUT2D eigenvalue weighted by Crippen LogP contribution is 2.20. The van der Waals surface area contributed by atoms with Crippen LogP contribution in [0.15, 0.2) is 48.5 Å². The van der Waals surface area contributed by atoms with Gasteiger partial charge in [0.1, 0.15) is 5.75 Å². The van der Waals surface area contributed by atoms with E-state index < -0.39 is 0 Å². The summed E-state index contributed by atoms with van der Waals surface area (Å²) in [6.45, 7) is 0.927. The maximum Gasteiger partial charge on any atom is 0.238 e. The summed E-state index contributed by atoms with van der Waals surface area (Å²) in [7, 11) is 1.66. The molecule has 0 aromatic heterocycles. The van der Waals surface area contributed by atoms with Crippen LogP contribution in [0.4, 0.5) is 5.69 Å². The van der Waals surface area contributed by atoms with Gasteiger partial charge >= 0.3 is 0 Å². The molecule has 0 aliphatic heterocycles. The third kappa shape index (κ3) is 4.76. The maximum atomic E-state index is 11.8. The molecule has 0 bridgehead atoms. The Morgan fingerprint density at radius 2 is 1.86 bits per heavy atom. The van der Waals surface area contributed by atoms with Crippen molar-refractivity contribution in [3.05, 3.63) is 59.1 Å². The van der Waals surface area contributed by atoms with E-state index in [1.165, 1.54) is 0 Å². The summed E-state index contributed by atoms with van der Waals surface area (Å²) in [6.07, 6.45) is 0.795. The van der Waals surface area contributed by atoms with Crippen molar-refractivity contribution < 1.29 is 9.53 Å². The van der Waals surface area contributed by atoms with Crippen LogP contribution in [0.25, 0.3) is 0 Å². The van der Waals surface area contributed by atoms with E-state index in [1.54, 1.807) is 19.2 Å². The summed E-state index contributed by atoms with van der Waals surface area (Å²) < 4.78 is 5.29. The zero-order valence-corrected chi connectivity index (χ0v) is 13.2. The molecule has 0 spiro atoms. The van der Waals surface area contributed by atoms with Gasteiger partial charge in [0.2, 0.25) is 5.91 Å². The van der Waals surface area contributed by atoms with Crippen molar-refractivity contribution >= 4 is 23.2 Å². The first-order valence-electron chi connectivity index (χ1n) is 7.07. The summed E-state index contributed by atoms with van der Waals surface area (Å²) in [6, 6.07) is 15.0. The molecular weight excluding hydrogens is 300 g/mol. The number of halogens is 1. The SMILES string of the molecule is COc1ccccc1CCNCC(=O)Nc1ccccc1Cl. The Kier molecular flexibility index (Phi) is 6.25. The van der Waals surface area contributed by atoms with Gasteiger partial charge in [0.15, 0.2) is 0 Å². The van der Waals surface area contributed by atoms with Crippen LogP contribution in [0.2, 0.25) is 5.02 Å². The van der Waals surface area contributed by atoms with Crippen molar-refractivity contribution in [3.63, 3.8) is 0 Å². The van der Waals surface area contributed by atoms with Gasteiger partial charge < -0.3 is 15.4 Å². The summed E-state index contributed by atoms with van der Waals surface area (Å²) in [5.41, 5.74) is 1.74. The number of rotatable bonds is 7. The standard InChI is InChI=1S/C17H19ClN2O2/c1-22-16-9-5-2-6-13(16)10-11-19-12-17(21)20-15-8-4-3-7-14(15)18/h2-9,19H,10-12H2,1H3,(H,20,21). The van der Waals surface area contributed by atoms with Gasteiger partial charge in [0.05, 0.1) is 24.4 Å². The summed E-state index contributed by atoms with van der Waals surface area (Å²) in [5, 5.41) is 6.42. The molecule has 22 heavy (non-hydrogen) atoms. The molecule has 2 aromatic rings. The quantitative estimate of drug-likeness (QED) is 0.771. The van der Waals surface area contributed by atoms with Crippen LogP contribution in [-0.4, -0.2) is 26.1 Å². The van der Waals surface area contributed by atoms with Gasteiger partial charge in [-0.1, -0.05) is 41.9 Å². The Balaban J connectivity index is 1.75. The second kappa shape index (κ2) is 8.41. The van der Waals surface area contributed by atoms with E-state index in [9.17, 15) is 4.79 Å². The zero-order valence-electron chi connectivity index (χ0n) is 12.4. The molecule has 0 saturated carbocycles. The molecule has 2 aromatic carbocycles. The molecule has 4 nitrogen and oxygen atoms in total. The molecule has 0 aliphatic carbocycles. The lowest BCUT2D eigenvalue weighted by molar-refractivity contribution is -0.115. The largest absolute Gasteiger partial charge is 0.496 e. The number of amides is 1. The van der Waals surface area contributed by atoms with Gasteiger partial charge in [0.25, 0.3) is 0 Å². The van der Waals surface area contributed by atoms with Gasteiger partial charge in [-0.05, 0) is 36.7 Å². The number of carbonyl (C=O) groups is 1. The summed E-state index contributed by atoms with van der Waals surface area (Å²) in [4.78, 5) is 11.8. The van der Waals surface area contributed by atoms with E-state index in [0.717, 1.165) is 17.7 Å². The average Bonchev–Trinajstić information content (AvgIpc) is 2.54. The molecule has 116 valence electrons. The van der Waals surface area contributed by atoms with Crippen molar-refractivity contribution in [2.45, 2.75) is 6.42 Å². The first-order valence-corrected chi connectivity index (χ1v) is 7.45. The van der Waals surface area contributed by atoms with E-state index in [2.05, 4.69) is 10.6 Å². The van der Waals surface area contributed by atoms with Crippen molar-refractivity contribution in [2.24, 2.45) is 0 Å². The van der Waals surface area contributed by atoms with Crippen LogP contribution in [-0.2, 0) is 11.2 Å². The number of benzene rings is 2. The fourth-order valence-electron chi connectivity index (χ4n) is 2.09. The third-order valence-electron chi connectivity index (χ3n) is 3.20. The van der Waals surface area contributed by atoms with Crippen LogP contribution >= 0.6 is 11.6 Å². The van der Waals surface area contributed by atoms with E-state index in [4.69, 9.17) is 16.3 Å². The number of hydrogen-bond donors (Lipinski definition) is 2. The average molecular weight is 319 g/mol. The predicted molar refractivity (Wildman–Crippen MR) is 89.6 cm³/mol. The number of hydrogen-bond acceptors (Lipinski definition) is 3.